The fourth-order valence-electron chi connectivity index (χ4n) is 3.49. The van der Waals surface area contributed by atoms with E-state index in [4.69, 9.17) is 4.74 Å². The summed E-state index contributed by atoms with van der Waals surface area (Å²) in [5.74, 6) is -2.54. The zero-order valence-corrected chi connectivity index (χ0v) is 17.8. The number of esters is 1. The predicted octanol–water partition coefficient (Wildman–Crippen LogP) is 3.50. The van der Waals surface area contributed by atoms with E-state index in [1.807, 2.05) is 0 Å². The van der Waals surface area contributed by atoms with E-state index in [9.17, 15) is 29.3 Å². The van der Waals surface area contributed by atoms with Crippen molar-refractivity contribution >= 4 is 40.8 Å². The van der Waals surface area contributed by atoms with E-state index in [2.05, 4.69) is 5.32 Å². The molecular formula is C24H17N3O7. The molecule has 0 radical (unpaired) electrons. The van der Waals surface area contributed by atoms with Gasteiger partial charge < -0.3 is 10.1 Å². The second-order valence-electron chi connectivity index (χ2n) is 7.42. The Hall–Kier alpha value is -4.86. The van der Waals surface area contributed by atoms with Crippen LogP contribution >= 0.6 is 0 Å². The van der Waals surface area contributed by atoms with Crippen LogP contribution in [0.1, 0.15) is 36.6 Å². The molecule has 0 aromatic heterocycles. The van der Waals surface area contributed by atoms with Crippen LogP contribution in [0, 0.1) is 17.0 Å². The van der Waals surface area contributed by atoms with Crippen LogP contribution < -0.4 is 10.2 Å². The summed E-state index contributed by atoms with van der Waals surface area (Å²) in [5.41, 5.74) is 1.24. The number of imide groups is 1. The van der Waals surface area contributed by atoms with Crippen molar-refractivity contribution < 1.29 is 28.8 Å². The van der Waals surface area contributed by atoms with Gasteiger partial charge in [-0.3, -0.25) is 24.5 Å². The number of benzene rings is 3. The third-order valence-electron chi connectivity index (χ3n) is 5.16. The molecule has 1 heterocycles. The summed E-state index contributed by atoms with van der Waals surface area (Å²) in [5, 5.41) is 13.5. The second-order valence-corrected chi connectivity index (χ2v) is 7.42. The van der Waals surface area contributed by atoms with E-state index in [0.717, 1.165) is 4.90 Å². The van der Waals surface area contributed by atoms with Gasteiger partial charge in [0.15, 0.2) is 6.61 Å². The summed E-state index contributed by atoms with van der Waals surface area (Å²) in [6.07, 6.45) is 0. The summed E-state index contributed by atoms with van der Waals surface area (Å²) in [4.78, 5) is 61.4. The average molecular weight is 459 g/mol. The van der Waals surface area contributed by atoms with Crippen molar-refractivity contribution in [3.63, 3.8) is 0 Å². The van der Waals surface area contributed by atoms with Gasteiger partial charge in [-0.2, -0.15) is 0 Å². The largest absolute Gasteiger partial charge is 0.452 e. The highest BCUT2D eigenvalue weighted by Gasteiger charge is 2.36. The fourth-order valence-corrected chi connectivity index (χ4v) is 3.49. The van der Waals surface area contributed by atoms with Crippen LogP contribution in [0.15, 0.2) is 66.7 Å². The van der Waals surface area contributed by atoms with Crippen molar-refractivity contribution in [2.24, 2.45) is 0 Å². The van der Waals surface area contributed by atoms with Crippen molar-refractivity contribution in [3.8, 4) is 0 Å². The number of hydrogen-bond donors (Lipinski definition) is 1. The molecule has 34 heavy (non-hydrogen) atoms. The predicted molar refractivity (Wildman–Crippen MR) is 121 cm³/mol. The molecule has 0 fully saturated rings. The summed E-state index contributed by atoms with van der Waals surface area (Å²) >= 11 is 0. The zero-order chi connectivity index (χ0) is 24.4. The van der Waals surface area contributed by atoms with E-state index in [1.54, 1.807) is 31.2 Å². The Bertz CT molecular complexity index is 1330. The summed E-state index contributed by atoms with van der Waals surface area (Å²) in [6, 6.07) is 16.3. The minimum absolute atomic E-state index is 0.0350. The first-order valence-electron chi connectivity index (χ1n) is 10.1. The van der Waals surface area contributed by atoms with Crippen molar-refractivity contribution in [3.05, 3.63) is 99.1 Å². The van der Waals surface area contributed by atoms with Gasteiger partial charge >= 0.3 is 5.97 Å². The maximum atomic E-state index is 12.7. The fraction of sp³-hybridized carbons (Fsp3) is 0.0833. The minimum atomic E-state index is -0.844. The van der Waals surface area contributed by atoms with Gasteiger partial charge in [-0.15, -0.1) is 0 Å². The molecule has 10 heteroatoms. The first kappa shape index (κ1) is 22.3. The van der Waals surface area contributed by atoms with Crippen LogP contribution in [0.4, 0.5) is 17.1 Å². The van der Waals surface area contributed by atoms with E-state index < -0.39 is 35.2 Å². The molecule has 3 aromatic carbocycles. The number of nitrogens with one attached hydrogen (secondary N) is 1. The van der Waals surface area contributed by atoms with Crippen LogP contribution in [0.2, 0.25) is 0 Å². The number of ether oxygens (including phenoxy) is 1. The SMILES string of the molecule is Cc1ccc(NC(=O)COC(=O)c2cccc(N3C(=O)c4ccccc4C3=O)c2)cc1[N+](=O)[O-]. The normalized spacial score (nSPS) is 12.3. The number of nitro groups is 1. The minimum Gasteiger partial charge on any atom is -0.452 e. The number of aryl methyl sites for hydroxylation is 1. The quantitative estimate of drug-likeness (QED) is 0.258. The standard InChI is InChI=1S/C24H17N3O7/c1-14-9-10-16(12-20(14)27(32)33)25-21(28)13-34-24(31)15-5-4-6-17(11-15)26-22(29)18-7-2-3-8-19(18)23(26)30/h2-12H,13H2,1H3,(H,25,28). The van der Waals surface area contributed by atoms with Crippen molar-refractivity contribution in [1.82, 2.24) is 0 Å². The molecule has 0 saturated carbocycles. The maximum Gasteiger partial charge on any atom is 0.338 e. The maximum absolute atomic E-state index is 12.7. The lowest BCUT2D eigenvalue weighted by molar-refractivity contribution is -0.385. The summed E-state index contributed by atoms with van der Waals surface area (Å²) in [7, 11) is 0. The number of amides is 3. The van der Waals surface area contributed by atoms with Gasteiger partial charge in [-0.05, 0) is 43.3 Å². The van der Waals surface area contributed by atoms with Crippen LogP contribution in [0.25, 0.3) is 0 Å². The molecule has 4 rings (SSSR count). The van der Waals surface area contributed by atoms with E-state index >= 15 is 0 Å². The Balaban J connectivity index is 1.42. The number of nitro benzene ring substituents is 1. The Morgan fingerprint density at radius 3 is 2.29 bits per heavy atom. The van der Waals surface area contributed by atoms with Gasteiger partial charge in [-0.25, -0.2) is 9.69 Å². The Morgan fingerprint density at radius 1 is 0.971 bits per heavy atom. The van der Waals surface area contributed by atoms with Gasteiger partial charge in [0.05, 0.1) is 27.3 Å². The van der Waals surface area contributed by atoms with Crippen molar-refractivity contribution in [2.75, 3.05) is 16.8 Å². The van der Waals surface area contributed by atoms with Crippen LogP contribution in [0.5, 0.6) is 0 Å². The molecule has 1 aliphatic heterocycles. The van der Waals surface area contributed by atoms with Gasteiger partial charge in [0.25, 0.3) is 23.4 Å². The van der Waals surface area contributed by atoms with Gasteiger partial charge in [0, 0.05) is 17.3 Å². The number of carbonyl (C=O) groups is 4. The van der Waals surface area contributed by atoms with Crippen molar-refractivity contribution in [1.29, 1.82) is 0 Å². The molecule has 0 atom stereocenters. The Morgan fingerprint density at radius 2 is 1.65 bits per heavy atom. The van der Waals surface area contributed by atoms with Gasteiger partial charge in [0.2, 0.25) is 0 Å². The van der Waals surface area contributed by atoms with Gasteiger partial charge in [0.1, 0.15) is 0 Å². The topological polar surface area (TPSA) is 136 Å². The highest BCUT2D eigenvalue weighted by Crippen LogP contribution is 2.29. The van der Waals surface area contributed by atoms with Crippen LogP contribution in [-0.2, 0) is 9.53 Å². The van der Waals surface area contributed by atoms with Crippen LogP contribution in [-0.4, -0.2) is 35.2 Å². The Labute approximate surface area is 192 Å². The number of rotatable bonds is 6. The molecule has 0 saturated heterocycles. The molecule has 1 N–H and O–H groups in total. The first-order valence-corrected chi connectivity index (χ1v) is 10.1. The molecule has 0 spiro atoms. The molecule has 0 unspecified atom stereocenters. The second kappa shape index (κ2) is 8.94. The monoisotopic (exact) mass is 459 g/mol. The highest BCUT2D eigenvalue weighted by atomic mass is 16.6. The summed E-state index contributed by atoms with van der Waals surface area (Å²) < 4.78 is 5.02. The van der Waals surface area contributed by atoms with Crippen LogP contribution in [0.3, 0.4) is 0 Å². The third-order valence-corrected chi connectivity index (χ3v) is 5.16. The molecule has 1 aliphatic rings. The molecule has 3 amide bonds. The smallest absolute Gasteiger partial charge is 0.338 e. The number of hydrogen-bond acceptors (Lipinski definition) is 7. The van der Waals surface area contributed by atoms with E-state index in [0.29, 0.717) is 5.56 Å². The lowest BCUT2D eigenvalue weighted by Crippen LogP contribution is -2.29. The van der Waals surface area contributed by atoms with E-state index in [-0.39, 0.29) is 33.8 Å². The molecule has 0 aliphatic carbocycles. The van der Waals surface area contributed by atoms with Crippen molar-refractivity contribution in [2.45, 2.75) is 6.92 Å². The lowest BCUT2D eigenvalue weighted by Gasteiger charge is -2.15. The van der Waals surface area contributed by atoms with E-state index in [1.165, 1.54) is 42.5 Å². The highest BCUT2D eigenvalue weighted by molar-refractivity contribution is 6.34. The lowest BCUT2D eigenvalue weighted by atomic mass is 10.1. The molecule has 0 bridgehead atoms. The molecular weight excluding hydrogens is 442 g/mol. The molecule has 3 aromatic rings. The number of fused-ring (bicyclic) bond motifs is 1. The first-order chi connectivity index (χ1) is 16.3. The average Bonchev–Trinajstić information content (AvgIpc) is 3.08. The third kappa shape index (κ3) is 4.24. The zero-order valence-electron chi connectivity index (χ0n) is 17.8. The number of anilines is 2. The van der Waals surface area contributed by atoms with Gasteiger partial charge in [-0.1, -0.05) is 24.3 Å². The molecule has 170 valence electrons. The number of nitrogens with zero attached hydrogens (tertiary/aromatic N) is 2. The Kier molecular flexibility index (Phi) is 5.88. The number of carbonyl (C=O) groups excluding carboxylic acids is 4. The summed E-state index contributed by atoms with van der Waals surface area (Å²) in [6.45, 7) is 0.930. The molecule has 10 nitrogen and oxygen atoms in total.